The SMILES string of the molecule is O=Cc1c(C(=O)CCl)ccc(F)c1[N+](=O)[O-]. The number of benzene rings is 1. The molecule has 1 aromatic rings. The Labute approximate surface area is 94.0 Å². The van der Waals surface area contributed by atoms with Gasteiger partial charge >= 0.3 is 5.69 Å². The number of halogens is 2. The predicted molar refractivity (Wildman–Crippen MR) is 53.5 cm³/mol. The van der Waals surface area contributed by atoms with Crippen LogP contribution in [0.4, 0.5) is 10.1 Å². The lowest BCUT2D eigenvalue weighted by molar-refractivity contribution is -0.387. The van der Waals surface area contributed by atoms with Crippen LogP contribution in [-0.2, 0) is 0 Å². The molecule has 0 fully saturated rings. The van der Waals surface area contributed by atoms with Crippen LogP contribution in [-0.4, -0.2) is 22.9 Å². The van der Waals surface area contributed by atoms with E-state index in [1.807, 2.05) is 0 Å². The van der Waals surface area contributed by atoms with Gasteiger partial charge in [0.05, 0.1) is 10.8 Å². The predicted octanol–water partition coefficient (Wildman–Crippen LogP) is 1.97. The third-order valence-corrected chi connectivity index (χ3v) is 2.13. The van der Waals surface area contributed by atoms with Crippen molar-refractivity contribution in [3.05, 3.63) is 39.2 Å². The maximum absolute atomic E-state index is 13.1. The lowest BCUT2D eigenvalue weighted by atomic mass is 10.0. The molecule has 0 aliphatic heterocycles. The fraction of sp³-hybridized carbons (Fsp3) is 0.111. The van der Waals surface area contributed by atoms with E-state index in [-0.39, 0.29) is 11.8 Å². The van der Waals surface area contributed by atoms with Gasteiger partial charge < -0.3 is 0 Å². The molecule has 0 saturated heterocycles. The number of nitro benzene ring substituents is 1. The van der Waals surface area contributed by atoms with Gasteiger partial charge in [0.2, 0.25) is 5.82 Å². The van der Waals surface area contributed by atoms with Crippen LogP contribution in [0.1, 0.15) is 20.7 Å². The van der Waals surface area contributed by atoms with Crippen molar-refractivity contribution >= 4 is 29.4 Å². The summed E-state index contributed by atoms with van der Waals surface area (Å²) < 4.78 is 13.1. The minimum absolute atomic E-state index is 0.0704. The molecule has 16 heavy (non-hydrogen) atoms. The topological polar surface area (TPSA) is 77.3 Å². The first-order valence-electron chi connectivity index (χ1n) is 4.04. The zero-order valence-electron chi connectivity index (χ0n) is 7.78. The molecule has 84 valence electrons. The maximum atomic E-state index is 13.1. The van der Waals surface area contributed by atoms with Gasteiger partial charge in [0.15, 0.2) is 12.1 Å². The molecule has 0 saturated carbocycles. The molecule has 0 heterocycles. The monoisotopic (exact) mass is 245 g/mol. The molecule has 0 amide bonds. The van der Waals surface area contributed by atoms with E-state index < -0.39 is 33.7 Å². The maximum Gasteiger partial charge on any atom is 0.315 e. The van der Waals surface area contributed by atoms with Crippen LogP contribution in [0.2, 0.25) is 0 Å². The van der Waals surface area contributed by atoms with Crippen molar-refractivity contribution in [2.24, 2.45) is 0 Å². The van der Waals surface area contributed by atoms with Gasteiger partial charge in [0.1, 0.15) is 5.56 Å². The summed E-state index contributed by atoms with van der Waals surface area (Å²) >= 11 is 5.26. The van der Waals surface area contributed by atoms with Crippen LogP contribution in [0.3, 0.4) is 0 Å². The molecule has 0 aromatic heterocycles. The number of nitrogens with zero attached hydrogens (tertiary/aromatic N) is 1. The second-order valence-electron chi connectivity index (χ2n) is 2.79. The molecule has 0 aliphatic rings. The zero-order valence-corrected chi connectivity index (χ0v) is 8.53. The first-order chi connectivity index (χ1) is 7.52. The van der Waals surface area contributed by atoms with Crippen molar-refractivity contribution < 1.29 is 18.9 Å². The van der Waals surface area contributed by atoms with Gasteiger partial charge in [0.25, 0.3) is 0 Å². The molecule has 0 atom stereocenters. The molecule has 0 spiro atoms. The summed E-state index contributed by atoms with van der Waals surface area (Å²) in [5, 5.41) is 10.5. The summed E-state index contributed by atoms with van der Waals surface area (Å²) in [7, 11) is 0. The van der Waals surface area contributed by atoms with Gasteiger partial charge in [-0.3, -0.25) is 19.7 Å². The highest BCUT2D eigenvalue weighted by atomic mass is 35.5. The third kappa shape index (κ3) is 2.06. The Kier molecular flexibility index (Phi) is 3.68. The van der Waals surface area contributed by atoms with Crippen molar-refractivity contribution in [1.82, 2.24) is 0 Å². The van der Waals surface area contributed by atoms with E-state index in [1.54, 1.807) is 0 Å². The molecular weight excluding hydrogens is 241 g/mol. The number of Topliss-reactive ketones (excluding diaryl/α,β-unsaturated/α-hetero) is 1. The van der Waals surface area contributed by atoms with E-state index in [0.29, 0.717) is 0 Å². The van der Waals surface area contributed by atoms with Gasteiger partial charge in [-0.1, -0.05) is 0 Å². The third-order valence-electron chi connectivity index (χ3n) is 1.89. The van der Waals surface area contributed by atoms with Crippen LogP contribution in [0.5, 0.6) is 0 Å². The van der Waals surface area contributed by atoms with E-state index in [0.717, 1.165) is 12.1 Å². The van der Waals surface area contributed by atoms with Crippen molar-refractivity contribution in [2.75, 3.05) is 5.88 Å². The average molecular weight is 246 g/mol. The van der Waals surface area contributed by atoms with Crippen LogP contribution < -0.4 is 0 Å². The smallest absolute Gasteiger partial charge is 0.298 e. The number of rotatable bonds is 4. The van der Waals surface area contributed by atoms with Crippen LogP contribution in [0.15, 0.2) is 12.1 Å². The van der Waals surface area contributed by atoms with Crippen molar-refractivity contribution in [3.63, 3.8) is 0 Å². The quantitative estimate of drug-likeness (QED) is 0.267. The number of alkyl halides is 1. The number of hydrogen-bond acceptors (Lipinski definition) is 4. The van der Waals surface area contributed by atoms with Crippen molar-refractivity contribution in [2.45, 2.75) is 0 Å². The largest absolute Gasteiger partial charge is 0.315 e. The first-order valence-corrected chi connectivity index (χ1v) is 4.57. The van der Waals surface area contributed by atoms with E-state index in [1.165, 1.54) is 0 Å². The highest BCUT2D eigenvalue weighted by molar-refractivity contribution is 6.31. The van der Waals surface area contributed by atoms with Gasteiger partial charge in [-0.2, -0.15) is 4.39 Å². The molecule has 0 unspecified atom stereocenters. The standard InChI is InChI=1S/C9H5ClFNO4/c10-3-8(14)5-1-2-7(11)9(12(15)16)6(5)4-13/h1-2,4H,3H2. The van der Waals surface area contributed by atoms with Crippen molar-refractivity contribution in [3.8, 4) is 0 Å². The zero-order chi connectivity index (χ0) is 12.3. The lowest BCUT2D eigenvalue weighted by Crippen LogP contribution is -2.08. The summed E-state index contributed by atoms with van der Waals surface area (Å²) in [6.45, 7) is 0. The van der Waals surface area contributed by atoms with E-state index >= 15 is 0 Å². The summed E-state index contributed by atoms with van der Waals surface area (Å²) in [5.74, 6) is -2.28. The number of hydrogen-bond donors (Lipinski definition) is 0. The number of nitro groups is 1. The second-order valence-corrected chi connectivity index (χ2v) is 3.06. The van der Waals surface area contributed by atoms with Crippen LogP contribution in [0, 0.1) is 15.9 Å². The number of carbonyl (C=O) groups is 2. The molecule has 0 aliphatic carbocycles. The number of aldehydes is 1. The van der Waals surface area contributed by atoms with E-state index in [9.17, 15) is 24.1 Å². The Morgan fingerprint density at radius 3 is 2.62 bits per heavy atom. The Bertz CT molecular complexity index is 475. The molecule has 1 rings (SSSR count). The summed E-state index contributed by atoms with van der Waals surface area (Å²) in [6.07, 6.45) is 0.0704. The minimum Gasteiger partial charge on any atom is -0.298 e. The molecule has 0 bridgehead atoms. The molecule has 7 heteroatoms. The van der Waals surface area contributed by atoms with E-state index in [2.05, 4.69) is 0 Å². The molecule has 0 radical (unpaired) electrons. The first kappa shape index (κ1) is 12.3. The van der Waals surface area contributed by atoms with Gasteiger partial charge in [-0.05, 0) is 12.1 Å². The molecule has 1 aromatic carbocycles. The Balaban J connectivity index is 3.55. The Morgan fingerprint density at radius 1 is 1.56 bits per heavy atom. The number of ketones is 1. The fourth-order valence-electron chi connectivity index (χ4n) is 1.20. The number of carbonyl (C=O) groups excluding carboxylic acids is 2. The van der Waals surface area contributed by atoms with Crippen LogP contribution in [0.25, 0.3) is 0 Å². The Morgan fingerprint density at radius 2 is 2.19 bits per heavy atom. The van der Waals surface area contributed by atoms with Gasteiger partial charge in [-0.25, -0.2) is 0 Å². The minimum atomic E-state index is -1.17. The summed E-state index contributed by atoms with van der Waals surface area (Å²) in [6, 6.07) is 1.75. The highest BCUT2D eigenvalue weighted by Gasteiger charge is 2.25. The highest BCUT2D eigenvalue weighted by Crippen LogP contribution is 2.25. The normalized spacial score (nSPS) is 9.88. The summed E-state index contributed by atoms with van der Waals surface area (Å²) in [4.78, 5) is 31.4. The molecule has 0 N–H and O–H groups in total. The summed E-state index contributed by atoms with van der Waals surface area (Å²) in [5.41, 5.74) is -1.85. The van der Waals surface area contributed by atoms with Crippen LogP contribution >= 0.6 is 11.6 Å². The van der Waals surface area contributed by atoms with Crippen molar-refractivity contribution in [1.29, 1.82) is 0 Å². The molecule has 5 nitrogen and oxygen atoms in total. The average Bonchev–Trinajstić information content (AvgIpc) is 2.26. The lowest BCUT2D eigenvalue weighted by Gasteiger charge is -2.03. The molecular formula is C9H5ClFNO4. The van der Waals surface area contributed by atoms with Gasteiger partial charge in [0, 0.05) is 5.56 Å². The van der Waals surface area contributed by atoms with Gasteiger partial charge in [-0.15, -0.1) is 11.6 Å². The Hall–Kier alpha value is -1.82. The second kappa shape index (κ2) is 4.80. The fourth-order valence-corrected chi connectivity index (χ4v) is 1.35. The van der Waals surface area contributed by atoms with E-state index in [4.69, 9.17) is 11.6 Å².